The van der Waals surface area contributed by atoms with Gasteiger partial charge in [0, 0.05) is 51.7 Å². The maximum absolute atomic E-state index is 13.4. The Balaban J connectivity index is 1.83. The first kappa shape index (κ1) is 24.0. The lowest BCUT2D eigenvalue weighted by Gasteiger charge is -2.20. The third kappa shape index (κ3) is 4.06. The first-order chi connectivity index (χ1) is 17.7. The maximum Gasteiger partial charge on any atom is 0.344 e. The predicted molar refractivity (Wildman–Crippen MR) is 144 cm³/mol. The van der Waals surface area contributed by atoms with Gasteiger partial charge in [0.15, 0.2) is 0 Å². The van der Waals surface area contributed by atoms with Crippen molar-refractivity contribution < 1.29 is 19.0 Å². The van der Waals surface area contributed by atoms with E-state index in [1.165, 1.54) is 0 Å². The number of benzene rings is 3. The van der Waals surface area contributed by atoms with Crippen LogP contribution in [0.5, 0.6) is 11.5 Å². The number of rotatable bonds is 5. The first-order valence-electron chi connectivity index (χ1n) is 11.7. The number of anilines is 2. The van der Waals surface area contributed by atoms with Crippen LogP contribution in [-0.2, 0) is 0 Å². The van der Waals surface area contributed by atoms with Crippen LogP contribution in [-0.4, -0.2) is 38.4 Å². The second-order valence-electron chi connectivity index (χ2n) is 9.30. The van der Waals surface area contributed by atoms with Crippen LogP contribution in [0.4, 0.5) is 11.4 Å². The molecule has 0 saturated heterocycles. The minimum Gasteiger partial charge on any atom is -0.507 e. The van der Waals surface area contributed by atoms with E-state index < -0.39 is 17.2 Å². The molecular formula is C29H26N2O6. The lowest BCUT2D eigenvalue weighted by Crippen LogP contribution is -2.21. The average molecular weight is 499 g/mol. The molecule has 0 aliphatic carbocycles. The number of aromatic hydroxyl groups is 2. The summed E-state index contributed by atoms with van der Waals surface area (Å²) in [5, 5.41) is 23.3. The molecule has 0 bridgehead atoms. The molecule has 2 heterocycles. The van der Waals surface area contributed by atoms with Crippen LogP contribution in [0.25, 0.3) is 21.9 Å². The Bertz CT molecular complexity index is 1640. The zero-order valence-electron chi connectivity index (χ0n) is 20.9. The smallest absolute Gasteiger partial charge is 0.344 e. The second-order valence-corrected chi connectivity index (χ2v) is 9.30. The molecule has 0 unspecified atom stereocenters. The fraction of sp³-hybridized carbons (Fsp3) is 0.172. The molecule has 8 nitrogen and oxygen atoms in total. The zero-order valence-corrected chi connectivity index (χ0v) is 20.9. The van der Waals surface area contributed by atoms with Gasteiger partial charge in [0.25, 0.3) is 0 Å². The Hall–Kier alpha value is -4.72. The maximum atomic E-state index is 13.4. The topological polar surface area (TPSA) is 107 Å². The third-order valence-corrected chi connectivity index (χ3v) is 6.54. The molecule has 0 aliphatic rings. The van der Waals surface area contributed by atoms with Gasteiger partial charge in [-0.05, 0) is 29.8 Å². The molecule has 5 aromatic rings. The van der Waals surface area contributed by atoms with E-state index in [0.717, 1.165) is 11.4 Å². The van der Waals surface area contributed by atoms with Crippen LogP contribution < -0.4 is 21.1 Å². The van der Waals surface area contributed by atoms with Crippen molar-refractivity contribution in [3.63, 3.8) is 0 Å². The van der Waals surface area contributed by atoms with Crippen molar-refractivity contribution in [1.82, 2.24) is 0 Å². The van der Waals surface area contributed by atoms with Gasteiger partial charge >= 0.3 is 11.3 Å². The zero-order chi connectivity index (χ0) is 26.4. The van der Waals surface area contributed by atoms with Crippen molar-refractivity contribution in [3.8, 4) is 11.5 Å². The highest BCUT2D eigenvalue weighted by molar-refractivity contribution is 5.89. The van der Waals surface area contributed by atoms with Crippen molar-refractivity contribution in [2.45, 2.75) is 5.92 Å². The molecule has 0 radical (unpaired) electrons. The van der Waals surface area contributed by atoms with Gasteiger partial charge < -0.3 is 28.8 Å². The molecule has 0 amide bonds. The largest absolute Gasteiger partial charge is 0.507 e. The van der Waals surface area contributed by atoms with E-state index >= 15 is 0 Å². The van der Waals surface area contributed by atoms with Crippen LogP contribution in [0.1, 0.15) is 22.6 Å². The molecule has 0 aliphatic heterocycles. The number of nitrogens with zero attached hydrogens (tertiary/aromatic N) is 2. The Labute approximate surface area is 212 Å². The van der Waals surface area contributed by atoms with E-state index in [2.05, 4.69) is 0 Å². The minimum absolute atomic E-state index is 0.164. The normalized spacial score (nSPS) is 11.4. The molecular weight excluding hydrogens is 472 g/mol. The highest BCUT2D eigenvalue weighted by Crippen LogP contribution is 2.42. The Kier molecular flexibility index (Phi) is 5.87. The fourth-order valence-electron chi connectivity index (χ4n) is 4.56. The molecule has 5 rings (SSSR count). The summed E-state index contributed by atoms with van der Waals surface area (Å²) in [6.45, 7) is 0. The van der Waals surface area contributed by atoms with Crippen LogP contribution in [0.2, 0.25) is 0 Å². The molecule has 0 fully saturated rings. The number of fused-ring (bicyclic) bond motifs is 2. The second kappa shape index (κ2) is 9.05. The molecule has 0 spiro atoms. The molecule has 0 saturated carbocycles. The molecule has 0 atom stereocenters. The predicted octanol–water partition coefficient (Wildman–Crippen LogP) is 4.62. The summed E-state index contributed by atoms with van der Waals surface area (Å²) in [5.41, 5.74) is 0.505. The van der Waals surface area contributed by atoms with Crippen molar-refractivity contribution in [2.75, 3.05) is 38.0 Å². The van der Waals surface area contributed by atoms with E-state index in [1.807, 2.05) is 38.0 Å². The van der Waals surface area contributed by atoms with Gasteiger partial charge in [-0.2, -0.15) is 0 Å². The van der Waals surface area contributed by atoms with E-state index in [4.69, 9.17) is 8.83 Å². The molecule has 37 heavy (non-hydrogen) atoms. The van der Waals surface area contributed by atoms with Crippen molar-refractivity contribution >= 4 is 33.3 Å². The van der Waals surface area contributed by atoms with Gasteiger partial charge in [-0.25, -0.2) is 9.59 Å². The van der Waals surface area contributed by atoms with Crippen molar-refractivity contribution in [2.24, 2.45) is 0 Å². The molecule has 188 valence electrons. The Morgan fingerprint density at radius 3 is 1.49 bits per heavy atom. The summed E-state index contributed by atoms with van der Waals surface area (Å²) in [6, 6.07) is 18.9. The molecule has 3 aromatic carbocycles. The van der Waals surface area contributed by atoms with Crippen LogP contribution in [0.15, 0.2) is 85.2 Å². The number of hydrogen-bond donors (Lipinski definition) is 2. The van der Waals surface area contributed by atoms with Gasteiger partial charge in [-0.15, -0.1) is 0 Å². The lowest BCUT2D eigenvalue weighted by molar-refractivity contribution is 0.441. The summed E-state index contributed by atoms with van der Waals surface area (Å²) < 4.78 is 11.3. The summed E-state index contributed by atoms with van der Waals surface area (Å²) in [5.74, 6) is -1.80. The minimum atomic E-state index is -1.15. The van der Waals surface area contributed by atoms with Crippen LogP contribution in [0, 0.1) is 0 Å². The average Bonchev–Trinajstić information content (AvgIpc) is 2.87. The fourth-order valence-corrected chi connectivity index (χ4v) is 4.56. The third-order valence-electron chi connectivity index (χ3n) is 6.54. The Morgan fingerprint density at radius 1 is 0.649 bits per heavy atom. The van der Waals surface area contributed by atoms with Crippen molar-refractivity contribution in [3.05, 3.63) is 104 Å². The summed E-state index contributed by atoms with van der Waals surface area (Å²) >= 11 is 0. The number of hydrogen-bond acceptors (Lipinski definition) is 8. The van der Waals surface area contributed by atoms with Gasteiger partial charge in [0.2, 0.25) is 0 Å². The highest BCUT2D eigenvalue weighted by atomic mass is 16.4. The van der Waals surface area contributed by atoms with Gasteiger partial charge in [0.05, 0.1) is 27.8 Å². The molecule has 2 aromatic heterocycles. The summed E-state index contributed by atoms with van der Waals surface area (Å²) in [4.78, 5) is 30.4. The molecule has 8 heteroatoms. The highest BCUT2D eigenvalue weighted by Gasteiger charge is 2.32. The van der Waals surface area contributed by atoms with Gasteiger partial charge in [-0.3, -0.25) is 0 Å². The summed E-state index contributed by atoms with van der Waals surface area (Å²) in [6.07, 6.45) is 0. The Morgan fingerprint density at radius 2 is 1.08 bits per heavy atom. The van der Waals surface area contributed by atoms with E-state index in [0.29, 0.717) is 16.3 Å². The summed E-state index contributed by atoms with van der Waals surface area (Å²) in [7, 11) is 7.40. The van der Waals surface area contributed by atoms with E-state index in [-0.39, 0.29) is 33.8 Å². The first-order valence-corrected chi connectivity index (χ1v) is 11.7. The monoisotopic (exact) mass is 498 g/mol. The van der Waals surface area contributed by atoms with Crippen LogP contribution in [0.3, 0.4) is 0 Å². The van der Waals surface area contributed by atoms with Crippen molar-refractivity contribution in [1.29, 1.82) is 0 Å². The van der Waals surface area contributed by atoms with Crippen LogP contribution >= 0.6 is 0 Å². The van der Waals surface area contributed by atoms with E-state index in [9.17, 15) is 19.8 Å². The van der Waals surface area contributed by atoms with E-state index in [1.54, 1.807) is 66.7 Å². The van der Waals surface area contributed by atoms with Gasteiger partial charge in [0.1, 0.15) is 22.7 Å². The lowest BCUT2D eigenvalue weighted by atomic mass is 9.84. The SMILES string of the molecule is CN(C)c1ccc2c(O)c(C(c3ccccc3)c3c(O)c4ccc(N(C)C)cc4oc3=O)c(=O)oc2c1. The quantitative estimate of drug-likeness (QED) is 0.338. The van der Waals surface area contributed by atoms with Gasteiger partial charge in [-0.1, -0.05) is 30.3 Å². The molecule has 2 N–H and O–H groups in total. The standard InChI is InChI=1S/C29H26N2O6/c1-30(2)17-10-12-19-21(14-17)36-28(34)24(26(19)32)23(16-8-6-5-7-9-16)25-27(33)20-13-11-18(31(3)4)15-22(20)37-29(25)35/h5-15,23,32-33H,1-4H3.